The third kappa shape index (κ3) is 4.27. The number of ether oxygens (including phenoxy) is 2. The number of nitrogens with one attached hydrogen (secondary N) is 1. The average Bonchev–Trinajstić information content (AvgIpc) is 3.08. The molecule has 0 bridgehead atoms. The molecule has 6 nitrogen and oxygen atoms in total. The first-order valence-corrected chi connectivity index (χ1v) is 9.67. The van der Waals surface area contributed by atoms with Gasteiger partial charge in [0.25, 0.3) is 0 Å². The summed E-state index contributed by atoms with van der Waals surface area (Å²) >= 11 is 1.60. The maximum Gasteiger partial charge on any atom is 0.240 e. The first kappa shape index (κ1) is 18.7. The number of likely N-dealkylation sites (N-methyl/N-ethyl adjacent to an activating group) is 1. The molecular formula is C16H22N2O4S2. The number of hydrogen-bond donors (Lipinski definition) is 1. The molecule has 0 amide bonds. The van der Waals surface area contributed by atoms with Gasteiger partial charge in [-0.2, -0.15) is 0 Å². The van der Waals surface area contributed by atoms with E-state index in [1.54, 1.807) is 17.4 Å². The van der Waals surface area contributed by atoms with Gasteiger partial charge in [-0.05, 0) is 37.7 Å². The number of sulfonamides is 1. The number of hydrogen-bond acceptors (Lipinski definition) is 6. The van der Waals surface area contributed by atoms with Crippen LogP contribution in [-0.4, -0.2) is 48.2 Å². The van der Waals surface area contributed by atoms with Crippen molar-refractivity contribution in [2.45, 2.75) is 10.9 Å². The number of methoxy groups -OCH3 is 2. The van der Waals surface area contributed by atoms with Crippen molar-refractivity contribution in [1.29, 1.82) is 0 Å². The zero-order valence-electron chi connectivity index (χ0n) is 14.1. The van der Waals surface area contributed by atoms with Crippen molar-refractivity contribution in [3.8, 4) is 11.5 Å². The second-order valence-corrected chi connectivity index (χ2v) is 8.11. The zero-order valence-corrected chi connectivity index (χ0v) is 15.8. The van der Waals surface area contributed by atoms with Gasteiger partial charge in [0.15, 0.2) is 11.5 Å². The van der Waals surface area contributed by atoms with Gasteiger partial charge in [0.05, 0.1) is 25.2 Å². The highest BCUT2D eigenvalue weighted by atomic mass is 32.2. The molecule has 0 aliphatic carbocycles. The van der Waals surface area contributed by atoms with E-state index < -0.39 is 10.0 Å². The molecule has 2 aromatic rings. The Morgan fingerprint density at radius 1 is 1.17 bits per heavy atom. The van der Waals surface area contributed by atoms with E-state index >= 15 is 0 Å². The predicted molar refractivity (Wildman–Crippen MR) is 95.5 cm³/mol. The Balaban J connectivity index is 2.19. The molecule has 0 saturated carbocycles. The minimum Gasteiger partial charge on any atom is -0.493 e. The van der Waals surface area contributed by atoms with E-state index in [4.69, 9.17) is 9.47 Å². The van der Waals surface area contributed by atoms with Crippen LogP contribution in [0.1, 0.15) is 10.9 Å². The smallest absolute Gasteiger partial charge is 0.240 e. The van der Waals surface area contributed by atoms with Crippen molar-refractivity contribution in [3.05, 3.63) is 40.6 Å². The van der Waals surface area contributed by atoms with Gasteiger partial charge in [0.2, 0.25) is 10.0 Å². The third-order valence-electron chi connectivity index (χ3n) is 3.63. The summed E-state index contributed by atoms with van der Waals surface area (Å²) in [5.41, 5.74) is 0. The second kappa shape index (κ2) is 7.98. The Hall–Kier alpha value is -1.61. The first-order valence-electron chi connectivity index (χ1n) is 7.30. The van der Waals surface area contributed by atoms with Gasteiger partial charge in [-0.25, -0.2) is 13.1 Å². The topological polar surface area (TPSA) is 67.9 Å². The van der Waals surface area contributed by atoms with Gasteiger partial charge in [-0.15, -0.1) is 11.3 Å². The molecule has 24 heavy (non-hydrogen) atoms. The van der Waals surface area contributed by atoms with Crippen LogP contribution < -0.4 is 14.2 Å². The van der Waals surface area contributed by atoms with Crippen LogP contribution in [-0.2, 0) is 10.0 Å². The first-order chi connectivity index (χ1) is 11.4. The van der Waals surface area contributed by atoms with E-state index in [-0.39, 0.29) is 17.5 Å². The standard InChI is InChI=1S/C16H22N2O4S2/c1-18(2)13(16-6-5-9-23-16)11-17-24(19,20)12-7-8-14(21-3)15(10-12)22-4/h5-10,13,17H,11H2,1-4H3. The molecule has 0 aliphatic rings. The second-order valence-electron chi connectivity index (χ2n) is 5.36. The molecule has 0 saturated heterocycles. The fourth-order valence-electron chi connectivity index (χ4n) is 2.27. The molecule has 1 aromatic carbocycles. The molecule has 0 fully saturated rings. The van der Waals surface area contributed by atoms with Crippen molar-refractivity contribution in [2.75, 3.05) is 34.9 Å². The average molecular weight is 370 g/mol. The summed E-state index contributed by atoms with van der Waals surface area (Å²) in [5.74, 6) is 0.865. The summed E-state index contributed by atoms with van der Waals surface area (Å²) in [6.45, 7) is 0.282. The zero-order chi connectivity index (χ0) is 17.7. The summed E-state index contributed by atoms with van der Waals surface area (Å²) in [5, 5.41) is 1.98. The lowest BCUT2D eigenvalue weighted by Gasteiger charge is -2.23. The Morgan fingerprint density at radius 3 is 2.42 bits per heavy atom. The molecule has 1 N–H and O–H groups in total. The minimum absolute atomic E-state index is 0.0279. The van der Waals surface area contributed by atoms with Gasteiger partial charge in [-0.3, -0.25) is 0 Å². The Labute approximate surface area is 147 Å². The lowest BCUT2D eigenvalue weighted by Crippen LogP contribution is -2.34. The number of rotatable bonds is 8. The van der Waals surface area contributed by atoms with Gasteiger partial charge in [-0.1, -0.05) is 6.07 Å². The molecule has 0 spiro atoms. The summed E-state index contributed by atoms with van der Waals surface area (Å²) in [6, 6.07) is 8.46. The molecule has 2 rings (SSSR count). The molecule has 1 unspecified atom stereocenters. The Kier molecular flexibility index (Phi) is 6.22. The fourth-order valence-corrected chi connectivity index (χ4v) is 4.25. The summed E-state index contributed by atoms with van der Waals surface area (Å²) in [7, 11) is 3.19. The highest BCUT2D eigenvalue weighted by Crippen LogP contribution is 2.29. The van der Waals surface area contributed by atoms with E-state index in [2.05, 4.69) is 4.72 Å². The van der Waals surface area contributed by atoms with Crippen LogP contribution in [0.2, 0.25) is 0 Å². The quantitative estimate of drug-likeness (QED) is 0.773. The van der Waals surface area contributed by atoms with E-state index in [1.807, 2.05) is 36.5 Å². The Bertz CT molecular complexity index is 758. The van der Waals surface area contributed by atoms with Crippen LogP contribution in [0.4, 0.5) is 0 Å². The Morgan fingerprint density at radius 2 is 1.88 bits per heavy atom. The van der Waals surface area contributed by atoms with Gasteiger partial charge in [0.1, 0.15) is 0 Å². The lowest BCUT2D eigenvalue weighted by molar-refractivity contribution is 0.303. The van der Waals surface area contributed by atoms with Crippen molar-refractivity contribution < 1.29 is 17.9 Å². The molecule has 0 radical (unpaired) electrons. The highest BCUT2D eigenvalue weighted by Gasteiger charge is 2.21. The number of thiophene rings is 1. The van der Waals surface area contributed by atoms with Crippen molar-refractivity contribution in [2.24, 2.45) is 0 Å². The normalized spacial score (nSPS) is 13.0. The summed E-state index contributed by atoms with van der Waals surface area (Å²) < 4.78 is 38.1. The predicted octanol–water partition coefficient (Wildman–Crippen LogP) is 2.35. The molecule has 0 aliphatic heterocycles. The minimum atomic E-state index is -3.65. The summed E-state index contributed by atoms with van der Waals surface area (Å²) in [4.78, 5) is 3.24. The van der Waals surface area contributed by atoms with Crippen LogP contribution >= 0.6 is 11.3 Å². The van der Waals surface area contributed by atoms with Crippen molar-refractivity contribution in [3.63, 3.8) is 0 Å². The van der Waals surface area contributed by atoms with Gasteiger partial charge in [0, 0.05) is 17.5 Å². The van der Waals surface area contributed by atoms with E-state index in [9.17, 15) is 8.42 Å². The summed E-state index contributed by atoms with van der Waals surface area (Å²) in [6.07, 6.45) is 0. The molecule has 8 heteroatoms. The molecule has 1 aromatic heterocycles. The molecule has 132 valence electrons. The number of nitrogens with zero attached hydrogens (tertiary/aromatic N) is 1. The molecule has 1 heterocycles. The van der Waals surface area contributed by atoms with E-state index in [0.717, 1.165) is 4.88 Å². The monoisotopic (exact) mass is 370 g/mol. The van der Waals surface area contributed by atoms with Crippen molar-refractivity contribution >= 4 is 21.4 Å². The SMILES string of the molecule is COc1ccc(S(=O)(=O)NCC(c2cccs2)N(C)C)cc1OC. The molecular weight excluding hydrogens is 348 g/mol. The number of benzene rings is 1. The van der Waals surface area contributed by atoms with Gasteiger partial charge < -0.3 is 14.4 Å². The maximum absolute atomic E-state index is 12.6. The fraction of sp³-hybridized carbons (Fsp3) is 0.375. The van der Waals surface area contributed by atoms with Crippen molar-refractivity contribution in [1.82, 2.24) is 9.62 Å². The maximum atomic E-state index is 12.6. The molecule has 1 atom stereocenters. The van der Waals surface area contributed by atoms with E-state index in [0.29, 0.717) is 11.5 Å². The highest BCUT2D eigenvalue weighted by molar-refractivity contribution is 7.89. The van der Waals surface area contributed by atoms with Crippen LogP contribution in [0, 0.1) is 0 Å². The van der Waals surface area contributed by atoms with Crippen LogP contribution in [0.3, 0.4) is 0 Å². The third-order valence-corrected chi connectivity index (χ3v) is 6.02. The van der Waals surface area contributed by atoms with Crippen LogP contribution in [0.25, 0.3) is 0 Å². The van der Waals surface area contributed by atoms with Gasteiger partial charge >= 0.3 is 0 Å². The van der Waals surface area contributed by atoms with Crippen LogP contribution in [0.15, 0.2) is 40.6 Å². The lowest BCUT2D eigenvalue weighted by atomic mass is 10.2. The largest absolute Gasteiger partial charge is 0.493 e. The van der Waals surface area contributed by atoms with E-state index in [1.165, 1.54) is 26.4 Å². The van der Waals surface area contributed by atoms with Crippen LogP contribution in [0.5, 0.6) is 11.5 Å².